The van der Waals surface area contributed by atoms with Crippen molar-refractivity contribution in [1.82, 2.24) is 10.3 Å². The molecule has 19 heavy (non-hydrogen) atoms. The van der Waals surface area contributed by atoms with Crippen LogP contribution in [0.4, 0.5) is 13.2 Å². The van der Waals surface area contributed by atoms with Gasteiger partial charge < -0.3 is 5.32 Å². The molecule has 2 nitrogen and oxygen atoms in total. The summed E-state index contributed by atoms with van der Waals surface area (Å²) in [6.45, 7) is 0.509. The predicted octanol–water partition coefficient (Wildman–Crippen LogP) is 4.05. The van der Waals surface area contributed by atoms with Gasteiger partial charge in [-0.1, -0.05) is 12.5 Å². The Kier molecular flexibility index (Phi) is 4.84. The van der Waals surface area contributed by atoms with Gasteiger partial charge in [-0.3, -0.25) is 0 Å². The third-order valence-corrected chi connectivity index (χ3v) is 3.92. The molecule has 1 aromatic heterocycles. The molecule has 1 fully saturated rings. The zero-order valence-corrected chi connectivity index (χ0v) is 12.0. The van der Waals surface area contributed by atoms with E-state index in [2.05, 4.69) is 26.2 Å². The topological polar surface area (TPSA) is 24.9 Å². The molecule has 1 aliphatic carbocycles. The average molecular weight is 337 g/mol. The molecule has 0 amide bonds. The van der Waals surface area contributed by atoms with Gasteiger partial charge in [0.15, 0.2) is 0 Å². The molecule has 0 aromatic carbocycles. The second kappa shape index (κ2) is 6.22. The van der Waals surface area contributed by atoms with Gasteiger partial charge in [-0.15, -0.1) is 0 Å². The Bertz CT molecular complexity index is 423. The van der Waals surface area contributed by atoms with Crippen LogP contribution in [-0.2, 0) is 6.54 Å². The second-order valence-corrected chi connectivity index (χ2v) is 5.75. The van der Waals surface area contributed by atoms with Crippen molar-refractivity contribution in [2.45, 2.75) is 44.4 Å². The molecule has 6 heteroatoms. The molecular formula is C13H16BrF3N2. The molecule has 0 radical (unpaired) electrons. The van der Waals surface area contributed by atoms with Crippen LogP contribution in [0.5, 0.6) is 0 Å². The Balaban J connectivity index is 1.86. The number of rotatable bonds is 3. The molecule has 106 valence electrons. The number of halogens is 4. The van der Waals surface area contributed by atoms with Gasteiger partial charge in [0, 0.05) is 12.6 Å². The van der Waals surface area contributed by atoms with Crippen LogP contribution >= 0.6 is 15.9 Å². The van der Waals surface area contributed by atoms with E-state index in [1.165, 1.54) is 0 Å². The van der Waals surface area contributed by atoms with Crippen molar-refractivity contribution in [2.75, 3.05) is 0 Å². The van der Waals surface area contributed by atoms with Crippen LogP contribution in [0.2, 0.25) is 0 Å². The van der Waals surface area contributed by atoms with Crippen LogP contribution < -0.4 is 5.32 Å². The smallest absolute Gasteiger partial charge is 0.308 e. The van der Waals surface area contributed by atoms with Gasteiger partial charge in [-0.25, -0.2) is 4.98 Å². The second-order valence-electron chi connectivity index (χ2n) is 4.93. The summed E-state index contributed by atoms with van der Waals surface area (Å²) in [5, 5.41) is 3.18. The van der Waals surface area contributed by atoms with Gasteiger partial charge in [-0.05, 0) is 47.3 Å². The average Bonchev–Trinajstić information content (AvgIpc) is 2.36. The van der Waals surface area contributed by atoms with Gasteiger partial charge in [0.25, 0.3) is 0 Å². The van der Waals surface area contributed by atoms with Gasteiger partial charge in [0.05, 0.1) is 11.6 Å². The fourth-order valence-electron chi connectivity index (χ4n) is 2.47. The molecule has 2 rings (SSSR count). The number of pyridine rings is 1. The first-order chi connectivity index (χ1) is 8.95. The highest BCUT2D eigenvalue weighted by Gasteiger charge is 2.41. The Hall–Kier alpha value is -0.620. The SMILES string of the molecule is FC(F)(F)C1CCCC(NCc2cccc(Br)n2)C1. The summed E-state index contributed by atoms with van der Waals surface area (Å²) in [5.41, 5.74) is 0.837. The Morgan fingerprint density at radius 3 is 2.79 bits per heavy atom. The molecule has 1 heterocycles. The molecule has 0 bridgehead atoms. The lowest BCUT2D eigenvalue weighted by atomic mass is 9.85. The number of hydrogen-bond acceptors (Lipinski definition) is 2. The molecule has 1 aliphatic rings. The third kappa shape index (κ3) is 4.45. The van der Waals surface area contributed by atoms with E-state index in [0.717, 1.165) is 16.7 Å². The first-order valence-corrected chi connectivity index (χ1v) is 7.16. The molecule has 1 saturated carbocycles. The zero-order valence-electron chi connectivity index (χ0n) is 10.4. The van der Waals surface area contributed by atoms with Gasteiger partial charge in [0.1, 0.15) is 4.60 Å². The lowest BCUT2D eigenvalue weighted by Crippen LogP contribution is -2.38. The third-order valence-electron chi connectivity index (χ3n) is 3.48. The minimum absolute atomic E-state index is 0.0684. The standard InChI is InChI=1S/C13H16BrF3N2/c14-12-6-2-5-11(19-12)8-18-10-4-1-3-9(7-10)13(15,16)17/h2,5-6,9-10,18H,1,3-4,7-8H2. The Morgan fingerprint density at radius 2 is 2.11 bits per heavy atom. The molecule has 0 spiro atoms. The number of nitrogens with one attached hydrogen (secondary N) is 1. The summed E-state index contributed by atoms with van der Waals surface area (Å²) < 4.78 is 38.8. The maximum atomic E-state index is 12.7. The van der Waals surface area contributed by atoms with E-state index in [9.17, 15) is 13.2 Å². The number of hydrogen-bond donors (Lipinski definition) is 1. The van der Waals surface area contributed by atoms with Crippen molar-refractivity contribution < 1.29 is 13.2 Å². The summed E-state index contributed by atoms with van der Waals surface area (Å²) in [6.07, 6.45) is -2.18. The normalized spacial score (nSPS) is 24.4. The lowest BCUT2D eigenvalue weighted by molar-refractivity contribution is -0.183. The first-order valence-electron chi connectivity index (χ1n) is 6.36. The van der Waals surface area contributed by atoms with Gasteiger partial charge in [0.2, 0.25) is 0 Å². The Morgan fingerprint density at radius 1 is 1.32 bits per heavy atom. The van der Waals surface area contributed by atoms with Crippen molar-refractivity contribution in [1.29, 1.82) is 0 Å². The van der Waals surface area contributed by atoms with Crippen molar-refractivity contribution in [3.8, 4) is 0 Å². The maximum absolute atomic E-state index is 12.7. The van der Waals surface area contributed by atoms with Crippen LogP contribution in [0.1, 0.15) is 31.4 Å². The summed E-state index contributed by atoms with van der Waals surface area (Å²) >= 11 is 3.28. The van der Waals surface area contributed by atoms with Crippen molar-refractivity contribution in [3.63, 3.8) is 0 Å². The summed E-state index contributed by atoms with van der Waals surface area (Å²) in [5.74, 6) is -1.16. The minimum atomic E-state index is -4.06. The number of alkyl halides is 3. The number of aromatic nitrogens is 1. The summed E-state index contributed by atoms with van der Waals surface area (Å²) in [7, 11) is 0. The minimum Gasteiger partial charge on any atom is -0.308 e. The van der Waals surface area contributed by atoms with Gasteiger partial charge >= 0.3 is 6.18 Å². The van der Waals surface area contributed by atoms with Crippen LogP contribution in [-0.4, -0.2) is 17.2 Å². The highest BCUT2D eigenvalue weighted by Crippen LogP contribution is 2.37. The molecule has 2 atom stereocenters. The highest BCUT2D eigenvalue weighted by atomic mass is 79.9. The largest absolute Gasteiger partial charge is 0.391 e. The fourth-order valence-corrected chi connectivity index (χ4v) is 2.85. The highest BCUT2D eigenvalue weighted by molar-refractivity contribution is 9.10. The van der Waals surface area contributed by atoms with E-state index in [1.807, 2.05) is 18.2 Å². The van der Waals surface area contributed by atoms with Crippen LogP contribution in [0.25, 0.3) is 0 Å². The van der Waals surface area contributed by atoms with Crippen molar-refractivity contribution >= 4 is 15.9 Å². The van der Waals surface area contributed by atoms with E-state index in [0.29, 0.717) is 13.0 Å². The summed E-state index contributed by atoms with van der Waals surface area (Å²) in [4.78, 5) is 4.26. The molecule has 2 unspecified atom stereocenters. The van der Waals surface area contributed by atoms with Crippen molar-refractivity contribution in [3.05, 3.63) is 28.5 Å². The molecule has 0 saturated heterocycles. The predicted molar refractivity (Wildman–Crippen MR) is 70.6 cm³/mol. The molecular weight excluding hydrogens is 321 g/mol. The lowest BCUT2D eigenvalue weighted by Gasteiger charge is -2.31. The zero-order chi connectivity index (χ0) is 13.9. The first kappa shape index (κ1) is 14.8. The number of nitrogens with zero attached hydrogens (tertiary/aromatic N) is 1. The maximum Gasteiger partial charge on any atom is 0.391 e. The van der Waals surface area contributed by atoms with Crippen molar-refractivity contribution in [2.24, 2.45) is 5.92 Å². The van der Waals surface area contributed by atoms with E-state index in [4.69, 9.17) is 0 Å². The monoisotopic (exact) mass is 336 g/mol. The van der Waals surface area contributed by atoms with E-state index < -0.39 is 12.1 Å². The summed E-state index contributed by atoms with van der Waals surface area (Å²) in [6, 6.07) is 5.49. The van der Waals surface area contributed by atoms with E-state index >= 15 is 0 Å². The van der Waals surface area contributed by atoms with Crippen LogP contribution in [0.15, 0.2) is 22.8 Å². The molecule has 1 N–H and O–H groups in total. The Labute approximate surface area is 118 Å². The van der Waals surface area contributed by atoms with E-state index in [-0.39, 0.29) is 18.9 Å². The van der Waals surface area contributed by atoms with Crippen LogP contribution in [0, 0.1) is 5.92 Å². The molecule has 1 aromatic rings. The van der Waals surface area contributed by atoms with E-state index in [1.54, 1.807) is 0 Å². The fraction of sp³-hybridized carbons (Fsp3) is 0.615. The quantitative estimate of drug-likeness (QED) is 0.842. The van der Waals surface area contributed by atoms with Gasteiger partial charge in [-0.2, -0.15) is 13.2 Å². The van der Waals surface area contributed by atoms with Crippen LogP contribution in [0.3, 0.4) is 0 Å². The molecule has 0 aliphatic heterocycles.